The largest absolute Gasteiger partial charge is 0.462 e. The molecule has 2 fully saturated rings. The molecule has 0 heterocycles. The lowest BCUT2D eigenvalue weighted by Crippen LogP contribution is -2.64. The zero-order valence-electron chi connectivity index (χ0n) is 25.0. The van der Waals surface area contributed by atoms with Crippen molar-refractivity contribution in [3.8, 4) is 0 Å². The van der Waals surface area contributed by atoms with Crippen LogP contribution in [0, 0.1) is 45.8 Å². The van der Waals surface area contributed by atoms with E-state index in [0.717, 1.165) is 37.4 Å². The van der Waals surface area contributed by atoms with Crippen molar-refractivity contribution in [2.24, 2.45) is 45.8 Å². The molecular weight excluding hydrogens is 460 g/mol. The van der Waals surface area contributed by atoms with Gasteiger partial charge in [-0.1, -0.05) is 72.5 Å². The van der Waals surface area contributed by atoms with Gasteiger partial charge in [0.1, 0.15) is 11.9 Å². The van der Waals surface area contributed by atoms with Crippen LogP contribution < -0.4 is 0 Å². The van der Waals surface area contributed by atoms with Crippen molar-refractivity contribution < 1.29 is 19.1 Å². The summed E-state index contributed by atoms with van der Waals surface area (Å²) in [7, 11) is 0. The van der Waals surface area contributed by atoms with Crippen LogP contribution in [-0.4, -0.2) is 18.0 Å². The maximum Gasteiger partial charge on any atom is 0.307 e. The molecule has 0 unspecified atom stereocenters. The third-order valence-corrected chi connectivity index (χ3v) is 11.6. The lowest BCUT2D eigenvalue weighted by Gasteiger charge is -2.67. The Bertz CT molecular complexity index is 975. The fourth-order valence-corrected chi connectivity index (χ4v) is 9.68. The summed E-state index contributed by atoms with van der Waals surface area (Å²) in [5, 5.41) is 0. The second-order valence-electron chi connectivity index (χ2n) is 14.2. The van der Waals surface area contributed by atoms with Crippen molar-refractivity contribution in [1.82, 2.24) is 0 Å². The van der Waals surface area contributed by atoms with E-state index >= 15 is 0 Å². The maximum absolute atomic E-state index is 12.5. The van der Waals surface area contributed by atoms with Crippen molar-refractivity contribution in [2.45, 2.75) is 126 Å². The summed E-state index contributed by atoms with van der Waals surface area (Å²) < 4.78 is 11.9. The zero-order valence-corrected chi connectivity index (χ0v) is 25.0. The molecule has 0 bridgehead atoms. The van der Waals surface area contributed by atoms with Crippen LogP contribution in [0.1, 0.15) is 120 Å². The van der Waals surface area contributed by atoms with Crippen molar-refractivity contribution in [3.63, 3.8) is 0 Å². The van der Waals surface area contributed by atoms with Crippen LogP contribution in [0.4, 0.5) is 0 Å². The van der Waals surface area contributed by atoms with Gasteiger partial charge in [-0.15, -0.1) is 0 Å². The van der Waals surface area contributed by atoms with E-state index in [1.807, 2.05) is 0 Å². The van der Waals surface area contributed by atoms with Crippen molar-refractivity contribution in [1.29, 1.82) is 0 Å². The summed E-state index contributed by atoms with van der Waals surface area (Å²) >= 11 is 0. The Labute approximate surface area is 226 Å². The van der Waals surface area contributed by atoms with E-state index < -0.39 is 0 Å². The molecule has 0 aliphatic heterocycles. The van der Waals surface area contributed by atoms with E-state index in [2.05, 4.69) is 54.5 Å². The number of esters is 2. The summed E-state index contributed by atoms with van der Waals surface area (Å²) in [4.78, 5) is 24.3. The Morgan fingerprint density at radius 3 is 2.38 bits per heavy atom. The molecule has 0 spiro atoms. The maximum atomic E-state index is 12.5. The highest BCUT2D eigenvalue weighted by Crippen LogP contribution is 2.73. The molecule has 0 aromatic heterocycles. The summed E-state index contributed by atoms with van der Waals surface area (Å²) in [5.41, 5.74) is 3.50. The van der Waals surface area contributed by atoms with E-state index in [0.29, 0.717) is 11.8 Å². The number of fused-ring (bicyclic) bond motifs is 5. The Kier molecular flexibility index (Phi) is 7.83. The van der Waals surface area contributed by atoms with Gasteiger partial charge < -0.3 is 9.47 Å². The Morgan fingerprint density at radius 2 is 1.76 bits per heavy atom. The fraction of sp³-hybridized carbons (Fsp3) is 0.818. The molecule has 4 heteroatoms. The van der Waals surface area contributed by atoms with Crippen LogP contribution in [0.25, 0.3) is 0 Å². The molecule has 2 saturated carbocycles. The van der Waals surface area contributed by atoms with Gasteiger partial charge in [0.25, 0.3) is 0 Å². The smallest absolute Gasteiger partial charge is 0.307 e. The van der Waals surface area contributed by atoms with Crippen LogP contribution in [0.2, 0.25) is 0 Å². The molecular formula is C33H52O4. The van der Waals surface area contributed by atoms with Crippen molar-refractivity contribution in [3.05, 3.63) is 23.0 Å². The Morgan fingerprint density at radius 1 is 1.05 bits per heavy atom. The van der Waals surface area contributed by atoms with Crippen LogP contribution >= 0.6 is 0 Å². The molecule has 8 atom stereocenters. The number of allylic oxidation sites excluding steroid dienone is 3. The molecule has 4 aliphatic carbocycles. The van der Waals surface area contributed by atoms with Gasteiger partial charge in [-0.3, -0.25) is 9.59 Å². The van der Waals surface area contributed by atoms with Crippen LogP contribution in [0.3, 0.4) is 0 Å². The molecule has 0 aromatic carbocycles. The summed E-state index contributed by atoms with van der Waals surface area (Å²) in [5.74, 6) is 2.68. The molecule has 0 N–H and O–H groups in total. The third kappa shape index (κ3) is 4.73. The average molecular weight is 513 g/mol. The Hall–Kier alpha value is -1.58. The number of carbonyl (C=O) groups excluding carboxylic acids is 2. The van der Waals surface area contributed by atoms with Gasteiger partial charge in [0, 0.05) is 32.1 Å². The van der Waals surface area contributed by atoms with Crippen LogP contribution in [0.15, 0.2) is 23.0 Å². The van der Waals surface area contributed by atoms with Gasteiger partial charge in [-0.05, 0) is 78.6 Å². The molecule has 4 aliphatic rings. The first-order valence-corrected chi connectivity index (χ1v) is 15.0. The van der Waals surface area contributed by atoms with Gasteiger partial charge in [-0.2, -0.15) is 0 Å². The first-order valence-electron chi connectivity index (χ1n) is 15.0. The number of hydrogen-bond acceptors (Lipinski definition) is 4. The van der Waals surface area contributed by atoms with E-state index in [4.69, 9.17) is 9.47 Å². The summed E-state index contributed by atoms with van der Waals surface area (Å²) in [6, 6.07) is 0. The lowest BCUT2D eigenvalue weighted by molar-refractivity contribution is -0.203. The van der Waals surface area contributed by atoms with Gasteiger partial charge in [-0.25, -0.2) is 0 Å². The van der Waals surface area contributed by atoms with Gasteiger partial charge in [0.05, 0.1) is 0 Å². The number of hydrogen-bond donors (Lipinski definition) is 0. The van der Waals surface area contributed by atoms with Crippen LogP contribution in [-0.2, 0) is 19.1 Å². The topological polar surface area (TPSA) is 52.6 Å². The second kappa shape index (κ2) is 10.2. The van der Waals surface area contributed by atoms with Crippen molar-refractivity contribution in [2.75, 3.05) is 0 Å². The fourth-order valence-electron chi connectivity index (χ4n) is 9.68. The average Bonchev–Trinajstić information content (AvgIpc) is 3.13. The molecule has 37 heavy (non-hydrogen) atoms. The second-order valence-corrected chi connectivity index (χ2v) is 14.2. The Balaban J connectivity index is 1.74. The normalized spacial score (nSPS) is 39.9. The van der Waals surface area contributed by atoms with Crippen LogP contribution in [0.5, 0.6) is 0 Å². The van der Waals surface area contributed by atoms with Crippen molar-refractivity contribution >= 4 is 11.9 Å². The molecule has 4 nitrogen and oxygen atoms in total. The van der Waals surface area contributed by atoms with E-state index in [1.54, 1.807) is 18.1 Å². The predicted octanol–water partition coefficient (Wildman–Crippen LogP) is 8.41. The van der Waals surface area contributed by atoms with Gasteiger partial charge >= 0.3 is 11.9 Å². The number of carbonyl (C=O) groups is 2. The molecule has 4 rings (SSSR count). The highest BCUT2D eigenvalue weighted by atomic mass is 16.5. The minimum atomic E-state index is -0.235. The molecule has 0 aromatic rings. The monoisotopic (exact) mass is 512 g/mol. The lowest BCUT2D eigenvalue weighted by atomic mass is 9.37. The van der Waals surface area contributed by atoms with Gasteiger partial charge in [0.15, 0.2) is 0 Å². The van der Waals surface area contributed by atoms with E-state index in [-0.39, 0.29) is 46.1 Å². The highest BCUT2D eigenvalue weighted by Gasteiger charge is 2.68. The molecule has 208 valence electrons. The first kappa shape index (κ1) is 28.4. The standard InChI is InChI=1S/C33H52O4/c1-20(2)11-10-12-21(3)25-13-17-32(8)27(25)19-29(37-24(6)35)30-31(7)16-15-28(36-23(5)34)22(4)26(31)14-18-33(30,32)9/h15,20-22,26,29-30H,10-14,16-19H2,1-9H3/t21-,22+,26+,29-,30+,31+,32+,33+/m1/s1. The number of ether oxygens (including phenoxy) is 2. The van der Waals surface area contributed by atoms with E-state index in [9.17, 15) is 9.59 Å². The van der Waals surface area contributed by atoms with Gasteiger partial charge in [0.2, 0.25) is 0 Å². The quantitative estimate of drug-likeness (QED) is 0.254. The molecule has 0 saturated heterocycles. The zero-order chi connectivity index (χ0) is 27.3. The number of rotatable bonds is 7. The van der Waals surface area contributed by atoms with E-state index in [1.165, 1.54) is 39.0 Å². The predicted molar refractivity (Wildman–Crippen MR) is 148 cm³/mol. The first-order chi connectivity index (χ1) is 17.2. The summed E-state index contributed by atoms with van der Waals surface area (Å²) in [6.07, 6.45) is 12.3. The SMILES string of the molecule is CC(=O)OC1=CC[C@@]2(C)[C@@H](CC[C@@]3(C)[C@H]2[C@H](OC(C)=O)CC2=C([C@H](C)CCCC(C)C)CC[C@@]23C)[C@@H]1C. The minimum absolute atomic E-state index is 0.00361. The summed E-state index contributed by atoms with van der Waals surface area (Å²) in [6.45, 7) is 19.9. The highest BCUT2D eigenvalue weighted by molar-refractivity contribution is 5.67. The minimum Gasteiger partial charge on any atom is -0.462 e. The molecule has 0 radical (unpaired) electrons. The molecule has 0 amide bonds. The third-order valence-electron chi connectivity index (χ3n) is 11.6.